The summed E-state index contributed by atoms with van der Waals surface area (Å²) < 4.78 is 4.94. The van der Waals surface area contributed by atoms with E-state index in [0.29, 0.717) is 13.2 Å². The maximum Gasteiger partial charge on any atom is 0.239 e. The van der Waals surface area contributed by atoms with Crippen LogP contribution in [0.2, 0.25) is 0 Å². The molecule has 5 nitrogen and oxygen atoms in total. The average molecular weight is 308 g/mol. The highest BCUT2D eigenvalue weighted by molar-refractivity contribution is 5.88. The quantitative estimate of drug-likeness (QED) is 0.700. The zero-order chi connectivity index (χ0) is 15.6. The van der Waals surface area contributed by atoms with Gasteiger partial charge < -0.3 is 15.4 Å². The van der Waals surface area contributed by atoms with Gasteiger partial charge in [0.05, 0.1) is 6.54 Å². The highest BCUT2D eigenvalue weighted by Crippen LogP contribution is 2.60. The van der Waals surface area contributed by atoms with Crippen molar-refractivity contribution in [3.05, 3.63) is 0 Å². The number of methoxy groups -OCH3 is 1. The standard InChI is InChI=1S/C17H28N2O3/c1-22-4-2-3-18-15(20)11-19-16(21)17-8-12-5-13(9-17)7-14(6-12)10-17/h12-14H,2-11H2,1H3,(H,18,20)(H,19,21). The van der Waals surface area contributed by atoms with Crippen LogP contribution in [0.5, 0.6) is 0 Å². The summed E-state index contributed by atoms with van der Waals surface area (Å²) in [5.74, 6) is 2.27. The zero-order valence-electron chi connectivity index (χ0n) is 13.5. The summed E-state index contributed by atoms with van der Waals surface area (Å²) in [5.41, 5.74) is -0.162. The van der Waals surface area contributed by atoms with E-state index in [0.717, 1.165) is 43.4 Å². The Hall–Kier alpha value is -1.10. The minimum absolute atomic E-state index is 0.103. The molecular weight excluding hydrogens is 280 g/mol. The van der Waals surface area contributed by atoms with Crippen LogP contribution in [0.15, 0.2) is 0 Å². The molecule has 2 N–H and O–H groups in total. The molecule has 2 amide bonds. The minimum atomic E-state index is -0.162. The van der Waals surface area contributed by atoms with Gasteiger partial charge in [-0.3, -0.25) is 9.59 Å². The lowest BCUT2D eigenvalue weighted by Crippen LogP contribution is -2.54. The molecule has 22 heavy (non-hydrogen) atoms. The second kappa shape index (κ2) is 6.57. The number of carbonyl (C=O) groups is 2. The smallest absolute Gasteiger partial charge is 0.239 e. The summed E-state index contributed by atoms with van der Waals surface area (Å²) in [4.78, 5) is 24.4. The molecule has 0 aromatic rings. The molecule has 0 atom stereocenters. The van der Waals surface area contributed by atoms with Crippen LogP contribution in [-0.4, -0.2) is 38.6 Å². The summed E-state index contributed by atoms with van der Waals surface area (Å²) in [6, 6.07) is 0. The molecule has 4 aliphatic carbocycles. The van der Waals surface area contributed by atoms with Crippen LogP contribution < -0.4 is 10.6 Å². The van der Waals surface area contributed by atoms with Crippen molar-refractivity contribution >= 4 is 11.8 Å². The molecule has 0 aromatic carbocycles. The third-order valence-electron chi connectivity index (χ3n) is 5.78. The summed E-state index contributed by atoms with van der Waals surface area (Å²) in [7, 11) is 1.65. The Labute approximate surface area is 132 Å². The Morgan fingerprint density at radius 1 is 1.05 bits per heavy atom. The zero-order valence-corrected chi connectivity index (χ0v) is 13.5. The number of nitrogens with one attached hydrogen (secondary N) is 2. The highest BCUT2D eigenvalue weighted by atomic mass is 16.5. The van der Waals surface area contributed by atoms with Gasteiger partial charge in [0.1, 0.15) is 0 Å². The van der Waals surface area contributed by atoms with Gasteiger partial charge in [0.2, 0.25) is 11.8 Å². The van der Waals surface area contributed by atoms with E-state index in [-0.39, 0.29) is 23.8 Å². The monoisotopic (exact) mass is 308 g/mol. The predicted molar refractivity (Wildman–Crippen MR) is 83.1 cm³/mol. The Morgan fingerprint density at radius 3 is 2.18 bits per heavy atom. The molecule has 0 unspecified atom stereocenters. The third-order valence-corrected chi connectivity index (χ3v) is 5.78. The average Bonchev–Trinajstić information content (AvgIpc) is 2.48. The second-order valence-electron chi connectivity index (χ2n) is 7.58. The van der Waals surface area contributed by atoms with Crippen molar-refractivity contribution < 1.29 is 14.3 Å². The van der Waals surface area contributed by atoms with E-state index in [4.69, 9.17) is 4.74 Å². The van der Waals surface area contributed by atoms with Crippen LogP contribution in [0.3, 0.4) is 0 Å². The van der Waals surface area contributed by atoms with Gasteiger partial charge >= 0.3 is 0 Å². The van der Waals surface area contributed by atoms with Gasteiger partial charge in [0.25, 0.3) is 0 Å². The third kappa shape index (κ3) is 3.29. The fourth-order valence-corrected chi connectivity index (χ4v) is 5.24. The van der Waals surface area contributed by atoms with Gasteiger partial charge in [-0.1, -0.05) is 0 Å². The first-order valence-corrected chi connectivity index (χ1v) is 8.65. The van der Waals surface area contributed by atoms with Gasteiger partial charge in [0, 0.05) is 25.7 Å². The molecule has 0 saturated heterocycles. The van der Waals surface area contributed by atoms with Crippen LogP contribution in [0, 0.1) is 23.2 Å². The summed E-state index contributed by atoms with van der Waals surface area (Å²) in [6.07, 6.45) is 7.90. The van der Waals surface area contributed by atoms with Crippen LogP contribution >= 0.6 is 0 Å². The fourth-order valence-electron chi connectivity index (χ4n) is 5.24. The van der Waals surface area contributed by atoms with Crippen molar-refractivity contribution in [2.75, 3.05) is 26.8 Å². The van der Waals surface area contributed by atoms with E-state index < -0.39 is 0 Å². The van der Waals surface area contributed by atoms with E-state index in [2.05, 4.69) is 10.6 Å². The molecule has 0 radical (unpaired) electrons. The molecule has 124 valence electrons. The van der Waals surface area contributed by atoms with Crippen LogP contribution in [0.1, 0.15) is 44.9 Å². The first-order chi connectivity index (χ1) is 10.6. The molecule has 4 bridgehead atoms. The molecule has 5 heteroatoms. The molecule has 0 spiro atoms. The first kappa shape index (κ1) is 15.8. The Morgan fingerprint density at radius 2 is 1.64 bits per heavy atom. The number of carbonyl (C=O) groups excluding carboxylic acids is 2. The Bertz CT molecular complexity index is 400. The molecule has 0 aromatic heterocycles. The Kier molecular flexibility index (Phi) is 4.71. The molecule has 0 heterocycles. The van der Waals surface area contributed by atoms with Crippen molar-refractivity contribution in [1.29, 1.82) is 0 Å². The van der Waals surface area contributed by atoms with Gasteiger partial charge in [0.15, 0.2) is 0 Å². The van der Waals surface area contributed by atoms with E-state index in [9.17, 15) is 9.59 Å². The lowest BCUT2D eigenvalue weighted by atomic mass is 9.49. The SMILES string of the molecule is COCCCNC(=O)CNC(=O)C12CC3CC(CC(C3)C1)C2. The minimum Gasteiger partial charge on any atom is -0.385 e. The lowest BCUT2D eigenvalue weighted by molar-refractivity contribution is -0.147. The second-order valence-corrected chi connectivity index (χ2v) is 7.58. The molecular formula is C17H28N2O3. The molecule has 4 fully saturated rings. The Balaban J connectivity index is 1.45. The molecule has 0 aliphatic heterocycles. The van der Waals surface area contributed by atoms with E-state index >= 15 is 0 Å². The number of amides is 2. The van der Waals surface area contributed by atoms with Crippen LogP contribution in [-0.2, 0) is 14.3 Å². The van der Waals surface area contributed by atoms with Gasteiger partial charge in [-0.05, 0) is 62.7 Å². The molecule has 4 aliphatic rings. The van der Waals surface area contributed by atoms with Gasteiger partial charge in [-0.25, -0.2) is 0 Å². The van der Waals surface area contributed by atoms with Gasteiger partial charge in [-0.2, -0.15) is 0 Å². The van der Waals surface area contributed by atoms with E-state index in [1.807, 2.05) is 0 Å². The maximum absolute atomic E-state index is 12.7. The lowest BCUT2D eigenvalue weighted by Gasteiger charge is -2.55. The van der Waals surface area contributed by atoms with Gasteiger partial charge in [-0.15, -0.1) is 0 Å². The van der Waals surface area contributed by atoms with Crippen molar-refractivity contribution in [2.24, 2.45) is 23.2 Å². The summed E-state index contributed by atoms with van der Waals surface area (Å²) >= 11 is 0. The van der Waals surface area contributed by atoms with Crippen molar-refractivity contribution in [2.45, 2.75) is 44.9 Å². The maximum atomic E-state index is 12.7. The molecule has 4 rings (SSSR count). The summed E-state index contributed by atoms with van der Waals surface area (Å²) in [5, 5.41) is 5.71. The summed E-state index contributed by atoms with van der Waals surface area (Å²) in [6.45, 7) is 1.34. The highest BCUT2D eigenvalue weighted by Gasteiger charge is 2.54. The number of rotatable bonds is 7. The van der Waals surface area contributed by atoms with Crippen LogP contribution in [0.25, 0.3) is 0 Å². The number of ether oxygens (including phenoxy) is 1. The predicted octanol–water partition coefficient (Wildman–Crippen LogP) is 1.47. The topological polar surface area (TPSA) is 67.4 Å². The molecule has 4 saturated carbocycles. The number of hydrogen-bond acceptors (Lipinski definition) is 3. The fraction of sp³-hybridized carbons (Fsp3) is 0.882. The number of hydrogen-bond donors (Lipinski definition) is 2. The first-order valence-electron chi connectivity index (χ1n) is 8.65. The normalized spacial score (nSPS) is 35.4. The van der Waals surface area contributed by atoms with Crippen molar-refractivity contribution in [3.8, 4) is 0 Å². The van der Waals surface area contributed by atoms with E-state index in [1.54, 1.807) is 7.11 Å². The largest absolute Gasteiger partial charge is 0.385 e. The van der Waals surface area contributed by atoms with Crippen LogP contribution in [0.4, 0.5) is 0 Å². The van der Waals surface area contributed by atoms with Crippen molar-refractivity contribution in [1.82, 2.24) is 10.6 Å². The van der Waals surface area contributed by atoms with E-state index in [1.165, 1.54) is 19.3 Å². The van der Waals surface area contributed by atoms with Crippen molar-refractivity contribution in [3.63, 3.8) is 0 Å².